The minimum Gasteiger partial charge on any atom is -0.383 e. The molecule has 0 amide bonds. The van der Waals surface area contributed by atoms with Crippen LogP contribution in [-0.4, -0.2) is 49.8 Å². The summed E-state index contributed by atoms with van der Waals surface area (Å²) in [7, 11) is 0. The number of nitrogens with zero attached hydrogens (tertiary/aromatic N) is 5. The third-order valence-electron chi connectivity index (χ3n) is 3.31. The number of hydrogen-bond acceptors (Lipinski definition) is 11. The van der Waals surface area contributed by atoms with E-state index in [1.165, 1.54) is 24.9 Å². The Balaban J connectivity index is 0.000000130. The van der Waals surface area contributed by atoms with E-state index < -0.39 is 5.69 Å². The zero-order chi connectivity index (χ0) is 21.7. The maximum atomic E-state index is 11.0. The maximum absolute atomic E-state index is 11.0. The standard InChI is InChI=1S/2C5H5N5O.C4H5N3O/c2*6-5-9-3-2(4(11)10-5)7-1-8-3;5-3-1-2-6-4(8)7-3/h2*1H,(H4,6,7,8,9,10,11);1-2H,(H3,5,6,7,8). The Hall–Kier alpha value is -5.02. The average molecular weight is 413 g/mol. The fourth-order valence-electron chi connectivity index (χ4n) is 2.11. The third kappa shape index (κ3) is 4.63. The first-order valence-corrected chi connectivity index (χ1v) is 8.02. The minimum atomic E-state index is -0.412. The fourth-order valence-corrected chi connectivity index (χ4v) is 2.11. The van der Waals surface area contributed by atoms with Crippen molar-refractivity contribution in [3.8, 4) is 0 Å². The molecule has 0 bridgehead atoms. The van der Waals surface area contributed by atoms with E-state index in [9.17, 15) is 14.4 Å². The molecule has 0 unspecified atom stereocenters. The largest absolute Gasteiger partial charge is 0.383 e. The summed E-state index contributed by atoms with van der Waals surface area (Å²) >= 11 is 0. The van der Waals surface area contributed by atoms with E-state index >= 15 is 0 Å². The van der Waals surface area contributed by atoms with Crippen LogP contribution in [0.4, 0.5) is 17.7 Å². The molecule has 0 aromatic carbocycles. The number of nitrogens with one attached hydrogen (secondary N) is 5. The molecule has 0 atom stereocenters. The van der Waals surface area contributed by atoms with Crippen LogP contribution in [0, 0.1) is 0 Å². The van der Waals surface area contributed by atoms with Crippen molar-refractivity contribution in [1.82, 2.24) is 49.8 Å². The Bertz CT molecular complexity index is 1370. The summed E-state index contributed by atoms with van der Waals surface area (Å²) < 4.78 is 0. The molecule has 154 valence electrons. The predicted octanol–water partition coefficient (Wildman–Crippen LogP) is -2.19. The number of anilines is 3. The molecule has 0 radical (unpaired) electrons. The highest BCUT2D eigenvalue weighted by molar-refractivity contribution is 5.69. The van der Waals surface area contributed by atoms with Crippen molar-refractivity contribution in [3.05, 3.63) is 56.1 Å². The number of fused-ring (bicyclic) bond motifs is 2. The van der Waals surface area contributed by atoms with Crippen molar-refractivity contribution in [1.29, 1.82) is 0 Å². The number of nitrogens with two attached hydrogens (primary N) is 3. The predicted molar refractivity (Wildman–Crippen MR) is 107 cm³/mol. The van der Waals surface area contributed by atoms with Crippen LogP contribution in [0.25, 0.3) is 22.3 Å². The van der Waals surface area contributed by atoms with E-state index in [-0.39, 0.29) is 39.9 Å². The van der Waals surface area contributed by atoms with Crippen LogP contribution in [-0.2, 0) is 0 Å². The molecule has 11 N–H and O–H groups in total. The second-order valence-corrected chi connectivity index (χ2v) is 5.42. The normalized spacial score (nSPS) is 10.1. The number of rotatable bonds is 0. The van der Waals surface area contributed by atoms with Crippen LogP contribution in [0.1, 0.15) is 0 Å². The number of nitrogen functional groups attached to an aromatic ring is 3. The molecule has 0 spiro atoms. The van der Waals surface area contributed by atoms with Crippen LogP contribution in [0.2, 0.25) is 0 Å². The first-order valence-electron chi connectivity index (χ1n) is 8.02. The Labute approximate surface area is 164 Å². The Morgan fingerprint density at radius 3 is 1.60 bits per heavy atom. The topological polar surface area (TPSA) is 273 Å². The highest BCUT2D eigenvalue weighted by Gasteiger charge is 2.02. The van der Waals surface area contributed by atoms with Crippen LogP contribution >= 0.6 is 0 Å². The molecule has 5 aromatic rings. The molecule has 0 saturated carbocycles. The van der Waals surface area contributed by atoms with Gasteiger partial charge in [-0.2, -0.15) is 15.0 Å². The Morgan fingerprint density at radius 1 is 0.700 bits per heavy atom. The summed E-state index contributed by atoms with van der Waals surface area (Å²) in [6.07, 6.45) is 4.24. The fraction of sp³-hybridized carbons (Fsp3) is 0. The van der Waals surface area contributed by atoms with Gasteiger partial charge in [-0.25, -0.2) is 14.8 Å². The van der Waals surface area contributed by atoms with E-state index in [4.69, 9.17) is 17.2 Å². The molecule has 5 aromatic heterocycles. The summed E-state index contributed by atoms with van der Waals surface area (Å²) in [6.45, 7) is 0. The van der Waals surface area contributed by atoms with Crippen LogP contribution in [0.3, 0.4) is 0 Å². The van der Waals surface area contributed by atoms with Gasteiger partial charge in [0, 0.05) is 6.20 Å². The smallest absolute Gasteiger partial charge is 0.346 e. The van der Waals surface area contributed by atoms with Crippen molar-refractivity contribution >= 4 is 40.0 Å². The third-order valence-corrected chi connectivity index (χ3v) is 3.31. The van der Waals surface area contributed by atoms with Crippen LogP contribution in [0.15, 0.2) is 39.3 Å². The molecule has 0 aliphatic heterocycles. The van der Waals surface area contributed by atoms with Gasteiger partial charge in [0.15, 0.2) is 22.3 Å². The summed E-state index contributed by atoms with van der Waals surface area (Å²) in [5.41, 5.74) is 16.0. The van der Waals surface area contributed by atoms with E-state index in [1.54, 1.807) is 0 Å². The van der Waals surface area contributed by atoms with Gasteiger partial charge < -0.3 is 32.2 Å². The Morgan fingerprint density at radius 2 is 1.20 bits per heavy atom. The van der Waals surface area contributed by atoms with E-state index in [0.29, 0.717) is 11.3 Å². The van der Waals surface area contributed by atoms with Gasteiger partial charge in [-0.3, -0.25) is 19.6 Å². The number of H-pyrrole nitrogens is 5. The number of hydrogen-bond donors (Lipinski definition) is 8. The minimum absolute atomic E-state index is 0.0896. The van der Waals surface area contributed by atoms with Gasteiger partial charge in [-0.1, -0.05) is 0 Å². The molecule has 5 rings (SSSR count). The van der Waals surface area contributed by atoms with E-state index in [1.807, 2.05) is 0 Å². The first kappa shape index (κ1) is 19.7. The molecule has 30 heavy (non-hydrogen) atoms. The average Bonchev–Trinajstić information content (AvgIpc) is 3.32. The second-order valence-electron chi connectivity index (χ2n) is 5.42. The van der Waals surface area contributed by atoms with Gasteiger partial charge >= 0.3 is 5.69 Å². The molecule has 0 aliphatic carbocycles. The zero-order valence-corrected chi connectivity index (χ0v) is 15.0. The quantitative estimate of drug-likeness (QED) is 0.135. The highest BCUT2D eigenvalue weighted by Crippen LogP contribution is 1.99. The molecular weight excluding hydrogens is 398 g/mol. The lowest BCUT2D eigenvalue weighted by Crippen LogP contribution is -2.10. The number of imidazole rings is 2. The molecule has 16 heteroatoms. The SMILES string of the molecule is Nc1cc[nH]c(=O)n1.Nc1nc2[nH]cnc2c(=O)[nH]1.Nc1nc2[nH]cnc2c(=O)[nH]1. The maximum Gasteiger partial charge on any atom is 0.346 e. The summed E-state index contributed by atoms with van der Waals surface area (Å²) in [6, 6.07) is 1.52. The van der Waals surface area contributed by atoms with Crippen molar-refractivity contribution in [2.45, 2.75) is 0 Å². The van der Waals surface area contributed by atoms with Crippen molar-refractivity contribution in [2.24, 2.45) is 0 Å². The zero-order valence-electron chi connectivity index (χ0n) is 15.0. The Kier molecular flexibility index (Phi) is 5.48. The highest BCUT2D eigenvalue weighted by atomic mass is 16.1. The van der Waals surface area contributed by atoms with Crippen LogP contribution in [0.5, 0.6) is 0 Å². The summed E-state index contributed by atoms with van der Waals surface area (Å²) in [4.78, 5) is 63.0. The molecular formula is C14H15N13O3. The summed E-state index contributed by atoms with van der Waals surface area (Å²) in [5, 5.41) is 0. The van der Waals surface area contributed by atoms with Crippen molar-refractivity contribution in [2.75, 3.05) is 17.2 Å². The van der Waals surface area contributed by atoms with E-state index in [0.717, 1.165) is 0 Å². The molecule has 5 heterocycles. The monoisotopic (exact) mass is 413 g/mol. The number of aromatic amines is 5. The van der Waals surface area contributed by atoms with Gasteiger partial charge in [0.2, 0.25) is 11.9 Å². The van der Waals surface area contributed by atoms with Crippen LogP contribution < -0.4 is 34.0 Å². The lowest BCUT2D eigenvalue weighted by molar-refractivity contribution is 1.08. The lowest BCUT2D eigenvalue weighted by atomic mass is 10.5. The summed E-state index contributed by atoms with van der Waals surface area (Å²) in [5.74, 6) is 0.423. The molecule has 16 nitrogen and oxygen atoms in total. The van der Waals surface area contributed by atoms with E-state index in [2.05, 4.69) is 49.8 Å². The van der Waals surface area contributed by atoms with Crippen molar-refractivity contribution in [3.63, 3.8) is 0 Å². The first-order chi connectivity index (χ1) is 14.3. The van der Waals surface area contributed by atoms with Gasteiger partial charge in [0.05, 0.1) is 12.7 Å². The molecule has 0 saturated heterocycles. The second kappa shape index (κ2) is 8.33. The van der Waals surface area contributed by atoms with Gasteiger partial charge in [0.25, 0.3) is 11.1 Å². The van der Waals surface area contributed by atoms with Gasteiger partial charge in [-0.15, -0.1) is 0 Å². The van der Waals surface area contributed by atoms with Crippen molar-refractivity contribution < 1.29 is 0 Å². The van der Waals surface area contributed by atoms with Gasteiger partial charge in [0.1, 0.15) is 5.82 Å². The number of aromatic nitrogens is 10. The molecule has 0 fully saturated rings. The molecule has 0 aliphatic rings. The van der Waals surface area contributed by atoms with Gasteiger partial charge in [-0.05, 0) is 6.07 Å². The lowest BCUT2D eigenvalue weighted by Gasteiger charge is -1.89.